The minimum absolute atomic E-state index is 0.0706. The van der Waals surface area contributed by atoms with Gasteiger partial charge in [-0.05, 0) is 13.5 Å². The first-order chi connectivity index (χ1) is 4.72. The predicted octanol–water partition coefficient (Wildman–Crippen LogP) is 0.254. The molecule has 1 saturated heterocycles. The Morgan fingerprint density at radius 3 is 3.00 bits per heavy atom. The van der Waals surface area contributed by atoms with Gasteiger partial charge in [0.25, 0.3) is 0 Å². The lowest BCUT2D eigenvalue weighted by Gasteiger charge is -2.28. The summed E-state index contributed by atoms with van der Waals surface area (Å²) in [5.74, 6) is -0.0967. The number of hydrogen-bond donors (Lipinski definition) is 0. The summed E-state index contributed by atoms with van der Waals surface area (Å²) in [6, 6.07) is 0. The van der Waals surface area contributed by atoms with E-state index in [0.717, 1.165) is 13.1 Å². The molecule has 1 heterocycles. The summed E-state index contributed by atoms with van der Waals surface area (Å²) in [6.45, 7) is 6.23. The van der Waals surface area contributed by atoms with Crippen molar-refractivity contribution in [1.29, 1.82) is 0 Å². The fourth-order valence-corrected chi connectivity index (χ4v) is 1.15. The summed E-state index contributed by atoms with van der Waals surface area (Å²) < 4.78 is 4.94. The zero-order valence-electron chi connectivity index (χ0n) is 6.46. The Balaban J connectivity index is 2.42. The van der Waals surface area contributed by atoms with Gasteiger partial charge in [0, 0.05) is 6.54 Å². The van der Waals surface area contributed by atoms with Crippen molar-refractivity contribution in [2.24, 2.45) is 0 Å². The highest BCUT2D eigenvalue weighted by molar-refractivity contribution is 5.72. The van der Waals surface area contributed by atoms with Crippen LogP contribution in [0.4, 0.5) is 0 Å². The van der Waals surface area contributed by atoms with Crippen LogP contribution in [0.5, 0.6) is 0 Å². The zero-order valence-corrected chi connectivity index (χ0v) is 6.46. The Morgan fingerprint density at radius 2 is 2.50 bits per heavy atom. The number of carbonyl (C=O) groups excluding carboxylic acids is 1. The van der Waals surface area contributed by atoms with Crippen LogP contribution in [0.3, 0.4) is 0 Å². The third-order valence-corrected chi connectivity index (χ3v) is 1.65. The van der Waals surface area contributed by atoms with E-state index in [1.165, 1.54) is 0 Å². The van der Waals surface area contributed by atoms with Gasteiger partial charge < -0.3 is 4.74 Å². The van der Waals surface area contributed by atoms with Gasteiger partial charge in [0.05, 0.1) is 6.54 Å². The summed E-state index contributed by atoms with van der Waals surface area (Å²) in [4.78, 5) is 12.9. The van der Waals surface area contributed by atoms with Crippen LogP contribution in [-0.4, -0.2) is 36.6 Å². The van der Waals surface area contributed by atoms with Crippen LogP contribution < -0.4 is 0 Å². The van der Waals surface area contributed by atoms with E-state index < -0.39 is 0 Å². The molecule has 0 saturated carbocycles. The molecule has 1 atom stereocenters. The van der Waals surface area contributed by atoms with Crippen LogP contribution in [-0.2, 0) is 9.53 Å². The summed E-state index contributed by atoms with van der Waals surface area (Å²) in [5, 5.41) is 0. The van der Waals surface area contributed by atoms with Crippen molar-refractivity contribution < 1.29 is 9.53 Å². The average molecular weight is 143 g/mol. The molecule has 1 aliphatic rings. The molecule has 0 unspecified atom stereocenters. The molecule has 1 aliphatic heterocycles. The highest BCUT2D eigenvalue weighted by atomic mass is 16.5. The number of hydrogen-bond acceptors (Lipinski definition) is 3. The molecule has 0 aromatic carbocycles. The largest absolute Gasteiger partial charge is 0.460 e. The van der Waals surface area contributed by atoms with E-state index in [4.69, 9.17) is 4.74 Å². The quantitative estimate of drug-likeness (QED) is 0.493. The number of cyclic esters (lactones) is 1. The van der Waals surface area contributed by atoms with E-state index in [9.17, 15) is 4.79 Å². The van der Waals surface area contributed by atoms with Gasteiger partial charge in [-0.1, -0.05) is 6.92 Å². The molecule has 1 rings (SSSR count). The highest BCUT2D eigenvalue weighted by Gasteiger charge is 2.21. The van der Waals surface area contributed by atoms with Crippen molar-refractivity contribution in [3.05, 3.63) is 0 Å². The first-order valence-corrected chi connectivity index (χ1v) is 3.64. The molecule has 0 bridgehead atoms. The Kier molecular flexibility index (Phi) is 2.27. The van der Waals surface area contributed by atoms with Crippen LogP contribution in [0, 0.1) is 0 Å². The maximum absolute atomic E-state index is 10.8. The maximum atomic E-state index is 10.8. The summed E-state index contributed by atoms with van der Waals surface area (Å²) in [5.41, 5.74) is 0. The second-order valence-electron chi connectivity index (χ2n) is 2.63. The lowest BCUT2D eigenvalue weighted by atomic mass is 10.3. The molecule has 58 valence electrons. The zero-order chi connectivity index (χ0) is 7.56. The number of esters is 1. The first kappa shape index (κ1) is 7.54. The number of morpholine rings is 1. The molecule has 0 amide bonds. The molecular weight excluding hydrogens is 130 g/mol. The molecule has 3 nitrogen and oxygen atoms in total. The van der Waals surface area contributed by atoms with E-state index in [-0.39, 0.29) is 12.1 Å². The van der Waals surface area contributed by atoms with Crippen molar-refractivity contribution in [3.8, 4) is 0 Å². The molecule has 0 aliphatic carbocycles. The van der Waals surface area contributed by atoms with Crippen molar-refractivity contribution in [2.75, 3.05) is 19.6 Å². The van der Waals surface area contributed by atoms with Crippen molar-refractivity contribution in [3.63, 3.8) is 0 Å². The number of nitrogens with zero attached hydrogens (tertiary/aromatic N) is 1. The first-order valence-electron chi connectivity index (χ1n) is 3.64. The van der Waals surface area contributed by atoms with E-state index in [0.29, 0.717) is 6.54 Å². The van der Waals surface area contributed by atoms with Crippen molar-refractivity contribution in [2.45, 2.75) is 20.0 Å². The highest BCUT2D eigenvalue weighted by Crippen LogP contribution is 2.03. The topological polar surface area (TPSA) is 29.5 Å². The lowest BCUT2D eigenvalue weighted by molar-refractivity contribution is -0.157. The van der Waals surface area contributed by atoms with Crippen LogP contribution in [0.1, 0.15) is 13.8 Å². The second-order valence-corrected chi connectivity index (χ2v) is 2.63. The van der Waals surface area contributed by atoms with Crippen LogP contribution in [0.25, 0.3) is 0 Å². The third kappa shape index (κ3) is 1.70. The van der Waals surface area contributed by atoms with Gasteiger partial charge in [-0.25, -0.2) is 0 Å². The minimum atomic E-state index is -0.0967. The molecule has 1 fully saturated rings. The second kappa shape index (κ2) is 3.01. The molecule has 0 radical (unpaired) electrons. The Labute approximate surface area is 61.0 Å². The van der Waals surface area contributed by atoms with Gasteiger partial charge >= 0.3 is 5.97 Å². The molecule has 0 aromatic heterocycles. The monoisotopic (exact) mass is 143 g/mol. The predicted molar refractivity (Wildman–Crippen MR) is 37.7 cm³/mol. The molecule has 0 N–H and O–H groups in total. The smallest absolute Gasteiger partial charge is 0.320 e. The van der Waals surface area contributed by atoms with Crippen LogP contribution >= 0.6 is 0 Å². The van der Waals surface area contributed by atoms with E-state index in [1.807, 2.05) is 13.8 Å². The number of ether oxygens (including phenoxy) is 1. The van der Waals surface area contributed by atoms with E-state index in [2.05, 4.69) is 4.90 Å². The van der Waals surface area contributed by atoms with Crippen LogP contribution in [0.2, 0.25) is 0 Å². The number of rotatable bonds is 1. The summed E-state index contributed by atoms with van der Waals surface area (Å²) >= 11 is 0. The number of carbonyl (C=O) groups is 1. The molecule has 3 heteroatoms. The van der Waals surface area contributed by atoms with Crippen molar-refractivity contribution >= 4 is 5.97 Å². The molecule has 0 aromatic rings. The Hall–Kier alpha value is -0.570. The minimum Gasteiger partial charge on any atom is -0.460 e. The molecule has 0 spiro atoms. The summed E-state index contributed by atoms with van der Waals surface area (Å²) in [7, 11) is 0. The fraction of sp³-hybridized carbons (Fsp3) is 0.857. The van der Waals surface area contributed by atoms with Gasteiger partial charge in [-0.3, -0.25) is 9.69 Å². The molecular formula is C7H13NO2. The fourth-order valence-electron chi connectivity index (χ4n) is 1.15. The normalized spacial score (nSPS) is 28.2. The van der Waals surface area contributed by atoms with Gasteiger partial charge in [0.15, 0.2) is 0 Å². The van der Waals surface area contributed by atoms with Gasteiger partial charge in [-0.2, -0.15) is 0 Å². The van der Waals surface area contributed by atoms with E-state index >= 15 is 0 Å². The Morgan fingerprint density at radius 1 is 1.80 bits per heavy atom. The maximum Gasteiger partial charge on any atom is 0.320 e. The molecule has 10 heavy (non-hydrogen) atoms. The van der Waals surface area contributed by atoms with Gasteiger partial charge in [-0.15, -0.1) is 0 Å². The van der Waals surface area contributed by atoms with Crippen LogP contribution in [0.15, 0.2) is 0 Å². The third-order valence-electron chi connectivity index (χ3n) is 1.65. The summed E-state index contributed by atoms with van der Waals surface area (Å²) in [6.07, 6.45) is 0.0706. The lowest BCUT2D eigenvalue weighted by Crippen LogP contribution is -2.43. The van der Waals surface area contributed by atoms with Gasteiger partial charge in [0.2, 0.25) is 0 Å². The van der Waals surface area contributed by atoms with Crippen molar-refractivity contribution in [1.82, 2.24) is 4.90 Å². The van der Waals surface area contributed by atoms with Gasteiger partial charge in [0.1, 0.15) is 6.10 Å². The standard InChI is InChI=1S/C7H13NO2/c1-3-8-4-6(2)10-7(9)5-8/h6H,3-5H2,1-2H3/t6-/m1/s1. The Bertz CT molecular complexity index is 136. The average Bonchev–Trinajstić information content (AvgIpc) is 1.85. The SMILES string of the molecule is CCN1CC(=O)O[C@H](C)C1. The van der Waals surface area contributed by atoms with E-state index in [1.54, 1.807) is 0 Å². The number of likely N-dealkylation sites (N-methyl/N-ethyl adjacent to an activating group) is 1.